The number of fused-ring (bicyclic) bond motifs is 1. The maximum absolute atomic E-state index is 14.1. The fourth-order valence-electron chi connectivity index (χ4n) is 5.17. The van der Waals surface area contributed by atoms with Gasteiger partial charge in [0, 0.05) is 19.7 Å². The lowest BCUT2D eigenvalue weighted by atomic mass is 10.0. The van der Waals surface area contributed by atoms with Crippen molar-refractivity contribution in [1.29, 1.82) is 0 Å². The molecule has 1 aromatic heterocycles. The number of aromatic nitrogens is 3. The standard InChI is InChI=1S/C31H35N5O4/c1-22-8-5-9-23(18-22)15-16-35(29(37)21-36-28-14-4-3-13-27(28)33-34-36)30(24-10-6-11-25(19-24)39-2)31(38)32-20-26-12-7-17-40-26/h3-6,8-11,13-14,18-19,26,30H,7,12,15-17,20-21H2,1-2H3,(H,32,38)/t26-,30-/m0/s1. The summed E-state index contributed by atoms with van der Waals surface area (Å²) in [5.41, 5.74) is 4.37. The Morgan fingerprint density at radius 2 is 1.98 bits per heavy atom. The SMILES string of the molecule is COc1cccc([C@@H](C(=O)NC[C@@H]2CCCO2)N(CCc2cccc(C)c2)C(=O)Cn2nnc3ccccc32)c1. The van der Waals surface area contributed by atoms with Crippen molar-refractivity contribution < 1.29 is 19.1 Å². The lowest BCUT2D eigenvalue weighted by Gasteiger charge is -2.32. The van der Waals surface area contributed by atoms with Crippen LogP contribution < -0.4 is 10.1 Å². The summed E-state index contributed by atoms with van der Waals surface area (Å²) >= 11 is 0. The first-order chi connectivity index (χ1) is 19.5. The van der Waals surface area contributed by atoms with Crippen LogP contribution in [0.2, 0.25) is 0 Å². The number of aryl methyl sites for hydroxylation is 1. The Bertz CT molecular complexity index is 1460. The number of ether oxygens (including phenoxy) is 2. The van der Waals surface area contributed by atoms with Gasteiger partial charge in [0.2, 0.25) is 11.8 Å². The van der Waals surface area contributed by atoms with Crippen molar-refractivity contribution in [3.8, 4) is 5.75 Å². The quantitative estimate of drug-likeness (QED) is 0.310. The van der Waals surface area contributed by atoms with Crippen molar-refractivity contribution >= 4 is 22.8 Å². The van der Waals surface area contributed by atoms with Gasteiger partial charge in [-0.15, -0.1) is 5.10 Å². The van der Waals surface area contributed by atoms with E-state index >= 15 is 0 Å². The molecule has 1 saturated heterocycles. The fourth-order valence-corrected chi connectivity index (χ4v) is 5.17. The third kappa shape index (κ3) is 6.48. The van der Waals surface area contributed by atoms with E-state index < -0.39 is 6.04 Å². The molecule has 9 nitrogen and oxygen atoms in total. The van der Waals surface area contributed by atoms with E-state index in [1.165, 1.54) is 0 Å². The first-order valence-corrected chi connectivity index (χ1v) is 13.7. The van der Waals surface area contributed by atoms with Gasteiger partial charge in [-0.25, -0.2) is 4.68 Å². The number of hydrogen-bond acceptors (Lipinski definition) is 6. The van der Waals surface area contributed by atoms with Crippen molar-refractivity contribution in [1.82, 2.24) is 25.2 Å². The number of hydrogen-bond donors (Lipinski definition) is 1. The third-order valence-electron chi connectivity index (χ3n) is 7.25. The number of nitrogens with one attached hydrogen (secondary N) is 1. The predicted molar refractivity (Wildman–Crippen MR) is 152 cm³/mol. The molecule has 1 aliphatic rings. The van der Waals surface area contributed by atoms with Gasteiger partial charge in [-0.2, -0.15) is 0 Å². The fraction of sp³-hybridized carbons (Fsp3) is 0.355. The van der Waals surface area contributed by atoms with Crippen molar-refractivity contribution in [2.75, 3.05) is 26.8 Å². The van der Waals surface area contributed by atoms with Crippen molar-refractivity contribution in [3.63, 3.8) is 0 Å². The van der Waals surface area contributed by atoms with E-state index in [4.69, 9.17) is 9.47 Å². The minimum atomic E-state index is -0.872. The molecule has 1 fully saturated rings. The summed E-state index contributed by atoms with van der Waals surface area (Å²) in [5, 5.41) is 11.5. The maximum atomic E-state index is 14.1. The van der Waals surface area contributed by atoms with E-state index in [-0.39, 0.29) is 24.5 Å². The topological polar surface area (TPSA) is 98.6 Å². The van der Waals surface area contributed by atoms with Gasteiger partial charge in [0.1, 0.15) is 23.9 Å². The van der Waals surface area contributed by atoms with Gasteiger partial charge < -0.3 is 19.7 Å². The summed E-state index contributed by atoms with van der Waals surface area (Å²) < 4.78 is 12.8. The lowest BCUT2D eigenvalue weighted by Crippen LogP contribution is -2.47. The number of nitrogens with zero attached hydrogens (tertiary/aromatic N) is 4. The molecule has 0 radical (unpaired) electrons. The molecule has 0 unspecified atom stereocenters. The van der Waals surface area contributed by atoms with Gasteiger partial charge in [-0.3, -0.25) is 9.59 Å². The van der Waals surface area contributed by atoms with Crippen LogP contribution in [-0.4, -0.2) is 64.6 Å². The summed E-state index contributed by atoms with van der Waals surface area (Å²) in [6, 6.07) is 22.2. The molecule has 0 aliphatic carbocycles. The number of amides is 2. The van der Waals surface area contributed by atoms with Crippen molar-refractivity contribution in [2.24, 2.45) is 0 Å². The van der Waals surface area contributed by atoms with Crippen LogP contribution in [-0.2, 0) is 27.3 Å². The molecule has 1 N–H and O–H groups in total. The summed E-state index contributed by atoms with van der Waals surface area (Å²) in [5.74, 6) is 0.121. The second kappa shape index (κ2) is 12.7. The van der Waals surface area contributed by atoms with Gasteiger partial charge in [0.25, 0.3) is 0 Å². The zero-order valence-corrected chi connectivity index (χ0v) is 23.0. The highest BCUT2D eigenvalue weighted by Crippen LogP contribution is 2.27. The molecule has 2 heterocycles. The van der Waals surface area contributed by atoms with Crippen LogP contribution in [0.4, 0.5) is 0 Å². The van der Waals surface area contributed by atoms with E-state index in [1.807, 2.05) is 73.7 Å². The van der Waals surface area contributed by atoms with E-state index in [2.05, 4.69) is 21.7 Å². The molecule has 2 atom stereocenters. The van der Waals surface area contributed by atoms with Crippen LogP contribution in [0.15, 0.2) is 72.8 Å². The molecule has 3 aromatic carbocycles. The highest BCUT2D eigenvalue weighted by Gasteiger charge is 2.33. The molecule has 0 saturated carbocycles. The number of carbonyl (C=O) groups is 2. The number of rotatable bonds is 11. The molecular weight excluding hydrogens is 506 g/mol. The van der Waals surface area contributed by atoms with Crippen LogP contribution in [0.5, 0.6) is 5.75 Å². The average Bonchev–Trinajstić information content (AvgIpc) is 3.64. The van der Waals surface area contributed by atoms with E-state index in [9.17, 15) is 9.59 Å². The van der Waals surface area contributed by atoms with Crippen molar-refractivity contribution in [2.45, 2.75) is 44.9 Å². The molecule has 9 heteroatoms. The van der Waals surface area contributed by atoms with Gasteiger partial charge in [0.15, 0.2) is 0 Å². The van der Waals surface area contributed by atoms with Crippen LogP contribution in [0.3, 0.4) is 0 Å². The molecule has 4 aromatic rings. The van der Waals surface area contributed by atoms with Crippen LogP contribution >= 0.6 is 0 Å². The summed E-state index contributed by atoms with van der Waals surface area (Å²) in [7, 11) is 1.59. The Kier molecular flexibility index (Phi) is 8.71. The zero-order chi connectivity index (χ0) is 27.9. The molecular formula is C31H35N5O4. The first kappa shape index (κ1) is 27.3. The molecule has 208 valence electrons. The second-order valence-electron chi connectivity index (χ2n) is 10.1. The van der Waals surface area contributed by atoms with Crippen molar-refractivity contribution in [3.05, 3.63) is 89.5 Å². The summed E-state index contributed by atoms with van der Waals surface area (Å²) in [6.45, 7) is 3.43. The lowest BCUT2D eigenvalue weighted by molar-refractivity contribution is -0.141. The Labute approximate surface area is 234 Å². The molecule has 5 rings (SSSR count). The average molecular weight is 542 g/mol. The highest BCUT2D eigenvalue weighted by atomic mass is 16.5. The van der Waals surface area contributed by atoms with Crippen LogP contribution in [0, 0.1) is 6.92 Å². The first-order valence-electron chi connectivity index (χ1n) is 13.7. The van der Waals surface area contributed by atoms with Gasteiger partial charge in [-0.1, -0.05) is 59.3 Å². The third-order valence-corrected chi connectivity index (χ3v) is 7.25. The number of para-hydroxylation sites is 1. The monoisotopic (exact) mass is 541 g/mol. The largest absolute Gasteiger partial charge is 0.497 e. The molecule has 0 spiro atoms. The van der Waals surface area contributed by atoms with Crippen LogP contribution in [0.25, 0.3) is 11.0 Å². The normalized spacial score (nSPS) is 15.6. The Morgan fingerprint density at radius 1 is 1.12 bits per heavy atom. The van der Waals surface area contributed by atoms with Gasteiger partial charge in [0.05, 0.1) is 18.7 Å². The summed E-state index contributed by atoms with van der Waals surface area (Å²) in [4.78, 5) is 29.6. The maximum Gasteiger partial charge on any atom is 0.247 e. The molecule has 0 bridgehead atoms. The minimum Gasteiger partial charge on any atom is -0.497 e. The minimum absolute atomic E-state index is 0.0205. The second-order valence-corrected chi connectivity index (χ2v) is 10.1. The summed E-state index contributed by atoms with van der Waals surface area (Å²) in [6.07, 6.45) is 2.45. The number of carbonyl (C=O) groups excluding carboxylic acids is 2. The van der Waals surface area contributed by atoms with E-state index in [1.54, 1.807) is 16.7 Å². The van der Waals surface area contributed by atoms with E-state index in [0.717, 1.165) is 29.5 Å². The number of benzene rings is 3. The molecule has 1 aliphatic heterocycles. The Balaban J connectivity index is 1.48. The molecule has 2 amide bonds. The predicted octanol–water partition coefficient (Wildman–Crippen LogP) is 3.86. The number of methoxy groups -OCH3 is 1. The van der Waals surface area contributed by atoms with E-state index in [0.29, 0.717) is 42.9 Å². The smallest absolute Gasteiger partial charge is 0.247 e. The Morgan fingerprint density at radius 3 is 2.77 bits per heavy atom. The van der Waals surface area contributed by atoms with Gasteiger partial charge in [-0.05, 0) is 61.6 Å². The van der Waals surface area contributed by atoms with Crippen LogP contribution in [0.1, 0.15) is 35.6 Å². The highest BCUT2D eigenvalue weighted by molar-refractivity contribution is 5.89. The van der Waals surface area contributed by atoms with Gasteiger partial charge >= 0.3 is 0 Å². The zero-order valence-electron chi connectivity index (χ0n) is 23.0. The molecule has 40 heavy (non-hydrogen) atoms. The Hall–Kier alpha value is -4.24.